The number of likely N-dealkylation sites (tertiary alicyclic amines) is 1. The van der Waals surface area contributed by atoms with Gasteiger partial charge in [0.1, 0.15) is 5.82 Å². The number of nitrogens with zero attached hydrogens (tertiary/aromatic N) is 2. The first-order valence-corrected chi connectivity index (χ1v) is 9.11. The van der Waals surface area contributed by atoms with Crippen LogP contribution in [0.5, 0.6) is 0 Å². The maximum absolute atomic E-state index is 13.0. The number of benzene rings is 1. The molecule has 0 aromatic heterocycles. The molecule has 2 amide bonds. The number of hydrogen-bond donors (Lipinski definition) is 1. The molecule has 2 heterocycles. The van der Waals surface area contributed by atoms with E-state index in [9.17, 15) is 14.0 Å². The Bertz CT molecular complexity index is 605. The molecule has 0 radical (unpaired) electrons. The maximum atomic E-state index is 13.0. The zero-order valence-corrected chi connectivity index (χ0v) is 14.5. The van der Waals surface area contributed by atoms with E-state index in [2.05, 4.69) is 5.32 Å². The summed E-state index contributed by atoms with van der Waals surface area (Å²) in [6.07, 6.45) is 4.10. The number of carbonyl (C=O) groups is 2. The van der Waals surface area contributed by atoms with Crippen LogP contribution in [0.4, 0.5) is 4.39 Å². The van der Waals surface area contributed by atoms with Gasteiger partial charge in [-0.15, -0.1) is 0 Å². The molecule has 136 valence electrons. The van der Waals surface area contributed by atoms with E-state index in [-0.39, 0.29) is 17.6 Å². The molecule has 1 aromatic carbocycles. The fraction of sp³-hybridized carbons (Fsp3) is 0.579. The number of nitrogens with one attached hydrogen (secondary N) is 1. The SMILES string of the molecule is O=C1CN(CC(=O)N2CCCC(CCc3ccc(F)cc3)C2)CCN1. The quantitative estimate of drug-likeness (QED) is 0.877. The second-order valence-corrected chi connectivity index (χ2v) is 7.07. The summed E-state index contributed by atoms with van der Waals surface area (Å²) in [5.41, 5.74) is 1.14. The van der Waals surface area contributed by atoms with Crippen molar-refractivity contribution in [1.29, 1.82) is 0 Å². The van der Waals surface area contributed by atoms with Gasteiger partial charge < -0.3 is 10.2 Å². The summed E-state index contributed by atoms with van der Waals surface area (Å²) < 4.78 is 13.0. The van der Waals surface area contributed by atoms with Crippen LogP contribution < -0.4 is 5.32 Å². The Hall–Kier alpha value is -1.95. The van der Waals surface area contributed by atoms with Crippen LogP contribution in [0.2, 0.25) is 0 Å². The third kappa shape index (κ3) is 5.26. The van der Waals surface area contributed by atoms with Crippen LogP contribution in [-0.2, 0) is 16.0 Å². The van der Waals surface area contributed by atoms with Gasteiger partial charge in [-0.05, 0) is 49.3 Å². The highest BCUT2D eigenvalue weighted by Gasteiger charge is 2.26. The lowest BCUT2D eigenvalue weighted by atomic mass is 9.91. The fourth-order valence-electron chi connectivity index (χ4n) is 3.67. The first-order chi connectivity index (χ1) is 12.1. The molecule has 2 aliphatic heterocycles. The van der Waals surface area contributed by atoms with Gasteiger partial charge in [-0.25, -0.2) is 4.39 Å². The molecule has 3 rings (SSSR count). The van der Waals surface area contributed by atoms with E-state index < -0.39 is 0 Å². The second kappa shape index (κ2) is 8.43. The van der Waals surface area contributed by atoms with Gasteiger partial charge in [0.15, 0.2) is 0 Å². The minimum atomic E-state index is -0.204. The van der Waals surface area contributed by atoms with Crippen molar-refractivity contribution in [3.05, 3.63) is 35.6 Å². The van der Waals surface area contributed by atoms with Crippen molar-refractivity contribution < 1.29 is 14.0 Å². The van der Waals surface area contributed by atoms with Crippen molar-refractivity contribution in [3.8, 4) is 0 Å². The standard InChI is InChI=1S/C19H26FN3O2/c20-17-7-5-15(6-8-17)3-4-16-2-1-10-23(12-16)19(25)14-22-11-9-21-18(24)13-22/h5-8,16H,1-4,9-14H2,(H,21,24). The Balaban J connectivity index is 1.46. The van der Waals surface area contributed by atoms with Crippen LogP contribution in [0.25, 0.3) is 0 Å². The monoisotopic (exact) mass is 347 g/mol. The van der Waals surface area contributed by atoms with E-state index >= 15 is 0 Å². The molecule has 0 bridgehead atoms. The summed E-state index contributed by atoms with van der Waals surface area (Å²) in [5, 5.41) is 2.78. The van der Waals surface area contributed by atoms with Crippen LogP contribution in [-0.4, -0.2) is 60.9 Å². The molecular weight excluding hydrogens is 321 g/mol. The molecule has 0 aliphatic carbocycles. The lowest BCUT2D eigenvalue weighted by Gasteiger charge is -2.35. The number of hydrogen-bond acceptors (Lipinski definition) is 3. The number of carbonyl (C=O) groups excluding carboxylic acids is 2. The van der Waals surface area contributed by atoms with E-state index in [1.807, 2.05) is 21.9 Å². The number of halogens is 1. The van der Waals surface area contributed by atoms with Crippen molar-refractivity contribution in [1.82, 2.24) is 15.1 Å². The maximum Gasteiger partial charge on any atom is 0.236 e. The Kier molecular flexibility index (Phi) is 6.02. The van der Waals surface area contributed by atoms with Gasteiger partial charge in [-0.2, -0.15) is 0 Å². The van der Waals surface area contributed by atoms with Crippen molar-refractivity contribution in [3.63, 3.8) is 0 Å². The topological polar surface area (TPSA) is 52.7 Å². The fourth-order valence-corrected chi connectivity index (χ4v) is 3.67. The van der Waals surface area contributed by atoms with E-state index in [1.165, 1.54) is 12.1 Å². The average Bonchev–Trinajstić information content (AvgIpc) is 2.61. The first-order valence-electron chi connectivity index (χ1n) is 9.11. The number of aryl methyl sites for hydroxylation is 1. The predicted octanol–water partition coefficient (Wildman–Crippen LogP) is 1.43. The summed E-state index contributed by atoms with van der Waals surface area (Å²) in [5.74, 6) is 0.410. The Morgan fingerprint density at radius 1 is 1.24 bits per heavy atom. The molecule has 2 aliphatic rings. The highest BCUT2D eigenvalue weighted by Crippen LogP contribution is 2.22. The molecule has 0 spiro atoms. The van der Waals surface area contributed by atoms with Crippen molar-refractivity contribution in [2.45, 2.75) is 25.7 Å². The summed E-state index contributed by atoms with van der Waals surface area (Å²) in [6.45, 7) is 3.60. The predicted molar refractivity (Wildman–Crippen MR) is 93.5 cm³/mol. The van der Waals surface area contributed by atoms with E-state index in [0.717, 1.165) is 50.9 Å². The number of amides is 2. The molecule has 2 saturated heterocycles. The number of piperidine rings is 1. The van der Waals surface area contributed by atoms with Crippen LogP contribution in [0.3, 0.4) is 0 Å². The highest BCUT2D eigenvalue weighted by molar-refractivity contribution is 5.81. The van der Waals surface area contributed by atoms with Crippen molar-refractivity contribution >= 4 is 11.8 Å². The van der Waals surface area contributed by atoms with Gasteiger partial charge in [0.2, 0.25) is 11.8 Å². The minimum absolute atomic E-state index is 0.00475. The minimum Gasteiger partial charge on any atom is -0.354 e. The van der Waals surface area contributed by atoms with Crippen molar-refractivity contribution in [2.75, 3.05) is 39.3 Å². The van der Waals surface area contributed by atoms with Gasteiger partial charge in [-0.3, -0.25) is 14.5 Å². The van der Waals surface area contributed by atoms with Crippen molar-refractivity contribution in [2.24, 2.45) is 5.92 Å². The van der Waals surface area contributed by atoms with Crippen LogP contribution in [0.15, 0.2) is 24.3 Å². The molecule has 2 fully saturated rings. The Labute approximate surface area is 148 Å². The smallest absolute Gasteiger partial charge is 0.236 e. The molecule has 1 unspecified atom stereocenters. The largest absolute Gasteiger partial charge is 0.354 e. The first kappa shape index (κ1) is 17.9. The zero-order chi connectivity index (χ0) is 17.6. The lowest BCUT2D eigenvalue weighted by molar-refractivity contribution is -0.135. The number of rotatable bonds is 5. The second-order valence-electron chi connectivity index (χ2n) is 7.07. The molecular formula is C19H26FN3O2. The van der Waals surface area contributed by atoms with Gasteiger partial charge >= 0.3 is 0 Å². The molecule has 6 heteroatoms. The van der Waals surface area contributed by atoms with E-state index in [4.69, 9.17) is 0 Å². The van der Waals surface area contributed by atoms with Crippen LogP contribution in [0, 0.1) is 11.7 Å². The van der Waals surface area contributed by atoms with E-state index in [1.54, 1.807) is 0 Å². The molecule has 5 nitrogen and oxygen atoms in total. The highest BCUT2D eigenvalue weighted by atomic mass is 19.1. The molecule has 25 heavy (non-hydrogen) atoms. The summed E-state index contributed by atoms with van der Waals surface area (Å²) in [6, 6.07) is 6.67. The summed E-state index contributed by atoms with van der Waals surface area (Å²) in [7, 11) is 0. The van der Waals surface area contributed by atoms with E-state index in [0.29, 0.717) is 25.6 Å². The average molecular weight is 347 g/mol. The number of piperazine rings is 1. The van der Waals surface area contributed by atoms with Crippen LogP contribution in [0.1, 0.15) is 24.8 Å². The molecule has 1 aromatic rings. The lowest BCUT2D eigenvalue weighted by Crippen LogP contribution is -2.52. The third-order valence-electron chi connectivity index (χ3n) is 5.10. The molecule has 1 N–H and O–H groups in total. The molecule has 1 atom stereocenters. The van der Waals surface area contributed by atoms with Crippen LogP contribution >= 0.6 is 0 Å². The Morgan fingerprint density at radius 3 is 2.80 bits per heavy atom. The summed E-state index contributed by atoms with van der Waals surface area (Å²) >= 11 is 0. The van der Waals surface area contributed by atoms with Gasteiger partial charge in [0.25, 0.3) is 0 Å². The normalized spacial score (nSPS) is 21.9. The zero-order valence-electron chi connectivity index (χ0n) is 14.5. The molecule has 0 saturated carbocycles. The third-order valence-corrected chi connectivity index (χ3v) is 5.10. The van der Waals surface area contributed by atoms with Gasteiger partial charge in [-0.1, -0.05) is 12.1 Å². The summed E-state index contributed by atoms with van der Waals surface area (Å²) in [4.78, 5) is 27.8. The Morgan fingerprint density at radius 2 is 2.04 bits per heavy atom. The van der Waals surface area contributed by atoms with Gasteiger partial charge in [0, 0.05) is 26.2 Å². The van der Waals surface area contributed by atoms with Gasteiger partial charge in [0.05, 0.1) is 13.1 Å².